The molecular formula is C20H25N5O2S. The van der Waals surface area contributed by atoms with Crippen LogP contribution in [0.3, 0.4) is 0 Å². The summed E-state index contributed by atoms with van der Waals surface area (Å²) in [6.07, 6.45) is 3.53. The topological polar surface area (TPSA) is 72.5 Å². The number of fused-ring (bicyclic) bond motifs is 3. The summed E-state index contributed by atoms with van der Waals surface area (Å²) in [7, 11) is 0. The van der Waals surface area contributed by atoms with Crippen LogP contribution in [0.5, 0.6) is 0 Å². The molecule has 0 aliphatic carbocycles. The third kappa shape index (κ3) is 3.82. The van der Waals surface area contributed by atoms with Gasteiger partial charge in [-0.15, -0.1) is 16.8 Å². The minimum Gasteiger partial charge on any atom is -0.342 e. The van der Waals surface area contributed by atoms with E-state index in [4.69, 9.17) is 0 Å². The van der Waals surface area contributed by atoms with Crippen molar-refractivity contribution in [3.05, 3.63) is 47.3 Å². The zero-order chi connectivity index (χ0) is 20.1. The van der Waals surface area contributed by atoms with Gasteiger partial charge in [-0.1, -0.05) is 43.8 Å². The second-order valence-corrected chi connectivity index (χ2v) is 7.45. The van der Waals surface area contributed by atoms with Crippen molar-refractivity contribution < 1.29 is 4.79 Å². The fraction of sp³-hybridized carbons (Fsp3) is 0.400. The SMILES string of the molecule is C=CCn1c(=O)c2ccccc2n2c(SCC(=O)N(CCC)CCC)nnc12. The Bertz CT molecular complexity index is 1050. The van der Waals surface area contributed by atoms with Crippen molar-refractivity contribution in [2.45, 2.75) is 38.4 Å². The molecule has 1 amide bonds. The third-order valence-corrected chi connectivity index (χ3v) is 5.37. The van der Waals surface area contributed by atoms with Crippen LogP contribution in [0.25, 0.3) is 16.7 Å². The van der Waals surface area contributed by atoms with Gasteiger partial charge in [0.1, 0.15) is 0 Å². The van der Waals surface area contributed by atoms with E-state index in [9.17, 15) is 9.59 Å². The number of allylic oxidation sites excluding steroid dienone is 1. The number of hydrogen-bond donors (Lipinski definition) is 0. The normalized spacial score (nSPS) is 11.2. The van der Waals surface area contributed by atoms with Crippen molar-refractivity contribution in [1.29, 1.82) is 0 Å². The minimum absolute atomic E-state index is 0.0918. The number of para-hydroxylation sites is 1. The fourth-order valence-electron chi connectivity index (χ4n) is 3.24. The standard InChI is InChI=1S/C20H25N5O2S/c1-4-11-23(12-5-2)17(26)14-28-20-22-21-19-24(13-6-3)18(27)15-9-7-8-10-16(15)25(19)20/h6-10H,3-5,11-14H2,1-2H3. The largest absolute Gasteiger partial charge is 0.342 e. The molecule has 0 unspecified atom stereocenters. The molecule has 148 valence electrons. The Morgan fingerprint density at radius 2 is 1.93 bits per heavy atom. The highest BCUT2D eigenvalue weighted by Gasteiger charge is 2.18. The summed E-state index contributed by atoms with van der Waals surface area (Å²) in [6.45, 7) is 9.73. The molecule has 1 aromatic carbocycles. The van der Waals surface area contributed by atoms with Gasteiger partial charge in [0.25, 0.3) is 5.56 Å². The average molecular weight is 400 g/mol. The summed E-state index contributed by atoms with van der Waals surface area (Å²) >= 11 is 1.35. The summed E-state index contributed by atoms with van der Waals surface area (Å²) in [5.74, 6) is 0.835. The number of carbonyl (C=O) groups is 1. The van der Waals surface area contributed by atoms with E-state index in [1.807, 2.05) is 27.5 Å². The highest BCUT2D eigenvalue weighted by molar-refractivity contribution is 7.99. The van der Waals surface area contributed by atoms with Crippen molar-refractivity contribution in [2.75, 3.05) is 18.8 Å². The van der Waals surface area contributed by atoms with Crippen LogP contribution in [0.15, 0.2) is 46.9 Å². The van der Waals surface area contributed by atoms with Gasteiger partial charge >= 0.3 is 0 Å². The molecule has 3 aromatic rings. The van der Waals surface area contributed by atoms with Crippen LogP contribution in [0, 0.1) is 0 Å². The monoisotopic (exact) mass is 399 g/mol. The number of hydrogen-bond acceptors (Lipinski definition) is 5. The summed E-state index contributed by atoms with van der Waals surface area (Å²) in [5, 5.41) is 9.68. The number of benzene rings is 1. The number of amides is 1. The van der Waals surface area contributed by atoms with Crippen LogP contribution in [0.4, 0.5) is 0 Å². The van der Waals surface area contributed by atoms with Gasteiger partial charge in [-0.2, -0.15) is 0 Å². The van der Waals surface area contributed by atoms with E-state index >= 15 is 0 Å². The average Bonchev–Trinajstić information content (AvgIpc) is 3.13. The smallest absolute Gasteiger partial charge is 0.263 e. The highest BCUT2D eigenvalue weighted by Crippen LogP contribution is 2.22. The number of carbonyl (C=O) groups excluding carboxylic acids is 1. The maximum absolute atomic E-state index is 12.8. The van der Waals surface area contributed by atoms with Crippen molar-refractivity contribution in [3.8, 4) is 0 Å². The van der Waals surface area contributed by atoms with Gasteiger partial charge in [0.05, 0.1) is 16.7 Å². The molecule has 0 atom stereocenters. The summed E-state index contributed by atoms with van der Waals surface area (Å²) in [4.78, 5) is 27.3. The molecule has 0 spiro atoms. The Balaban J connectivity index is 2.00. The number of nitrogens with zero attached hydrogens (tertiary/aromatic N) is 5. The maximum atomic E-state index is 12.8. The molecular weight excluding hydrogens is 374 g/mol. The van der Waals surface area contributed by atoms with Gasteiger partial charge in [0.15, 0.2) is 5.16 Å². The molecule has 2 heterocycles. The van der Waals surface area contributed by atoms with Crippen molar-refractivity contribution >= 4 is 34.3 Å². The summed E-state index contributed by atoms with van der Waals surface area (Å²) in [6, 6.07) is 7.38. The van der Waals surface area contributed by atoms with Crippen LogP contribution in [0.2, 0.25) is 0 Å². The molecule has 0 N–H and O–H groups in total. The third-order valence-electron chi connectivity index (χ3n) is 4.45. The first-order valence-corrected chi connectivity index (χ1v) is 10.5. The Morgan fingerprint density at radius 1 is 1.21 bits per heavy atom. The molecule has 0 bridgehead atoms. The van der Waals surface area contributed by atoms with E-state index in [0.29, 0.717) is 22.9 Å². The van der Waals surface area contributed by atoms with Crippen LogP contribution in [-0.4, -0.2) is 48.8 Å². The van der Waals surface area contributed by atoms with Gasteiger partial charge < -0.3 is 4.90 Å². The molecule has 7 nitrogen and oxygen atoms in total. The predicted octanol–water partition coefficient (Wildman–Crippen LogP) is 2.97. The van der Waals surface area contributed by atoms with E-state index in [1.54, 1.807) is 16.7 Å². The molecule has 28 heavy (non-hydrogen) atoms. The fourth-order valence-corrected chi connectivity index (χ4v) is 4.08. The van der Waals surface area contributed by atoms with Crippen molar-refractivity contribution in [1.82, 2.24) is 24.1 Å². The molecule has 0 aliphatic rings. The van der Waals surface area contributed by atoms with Gasteiger partial charge in [-0.3, -0.25) is 18.6 Å². The Labute approximate surface area is 168 Å². The first-order chi connectivity index (χ1) is 13.6. The summed E-state index contributed by atoms with van der Waals surface area (Å²) in [5.41, 5.74) is 0.613. The Hall–Kier alpha value is -2.61. The quantitative estimate of drug-likeness (QED) is 0.409. The van der Waals surface area contributed by atoms with Crippen LogP contribution in [0.1, 0.15) is 26.7 Å². The van der Waals surface area contributed by atoms with Gasteiger partial charge in [0, 0.05) is 19.6 Å². The van der Waals surface area contributed by atoms with E-state index in [2.05, 4.69) is 30.6 Å². The molecule has 0 saturated carbocycles. The number of thioether (sulfide) groups is 1. The van der Waals surface area contributed by atoms with Crippen LogP contribution < -0.4 is 5.56 Å². The lowest BCUT2D eigenvalue weighted by atomic mass is 10.2. The summed E-state index contributed by atoms with van der Waals surface area (Å²) < 4.78 is 3.40. The van der Waals surface area contributed by atoms with E-state index in [0.717, 1.165) is 31.4 Å². The first-order valence-electron chi connectivity index (χ1n) is 9.50. The van der Waals surface area contributed by atoms with Crippen LogP contribution >= 0.6 is 11.8 Å². The molecule has 0 saturated heterocycles. The predicted molar refractivity (Wildman–Crippen MR) is 113 cm³/mol. The molecule has 3 rings (SSSR count). The van der Waals surface area contributed by atoms with E-state index in [1.165, 1.54) is 11.8 Å². The van der Waals surface area contributed by atoms with Gasteiger partial charge in [-0.05, 0) is 25.0 Å². The number of rotatable bonds is 9. The van der Waals surface area contributed by atoms with Crippen molar-refractivity contribution in [3.63, 3.8) is 0 Å². The zero-order valence-electron chi connectivity index (χ0n) is 16.3. The van der Waals surface area contributed by atoms with E-state index < -0.39 is 0 Å². The van der Waals surface area contributed by atoms with Gasteiger partial charge in [-0.25, -0.2) is 0 Å². The molecule has 8 heteroatoms. The lowest BCUT2D eigenvalue weighted by molar-refractivity contribution is -0.128. The second-order valence-electron chi connectivity index (χ2n) is 6.51. The van der Waals surface area contributed by atoms with Crippen LogP contribution in [-0.2, 0) is 11.3 Å². The highest BCUT2D eigenvalue weighted by atomic mass is 32.2. The first kappa shape index (κ1) is 20.1. The Morgan fingerprint density at radius 3 is 2.61 bits per heavy atom. The number of aromatic nitrogens is 4. The molecule has 0 radical (unpaired) electrons. The molecule has 0 aliphatic heterocycles. The lowest BCUT2D eigenvalue weighted by Gasteiger charge is -2.21. The molecule has 2 aromatic heterocycles. The Kier molecular flexibility index (Phi) is 6.51. The molecule has 0 fully saturated rings. The zero-order valence-corrected chi connectivity index (χ0v) is 17.1. The van der Waals surface area contributed by atoms with Crippen molar-refractivity contribution in [2.24, 2.45) is 0 Å². The van der Waals surface area contributed by atoms with Gasteiger partial charge in [0.2, 0.25) is 11.7 Å². The second kappa shape index (κ2) is 9.05. The lowest BCUT2D eigenvalue weighted by Crippen LogP contribution is -2.33. The maximum Gasteiger partial charge on any atom is 0.263 e. The van der Waals surface area contributed by atoms with E-state index in [-0.39, 0.29) is 17.2 Å². The minimum atomic E-state index is -0.125.